The van der Waals surface area contributed by atoms with E-state index in [2.05, 4.69) is 17.1 Å². The number of aryl methyl sites for hydroxylation is 1. The minimum Gasteiger partial charge on any atom is -0.399 e. The van der Waals surface area contributed by atoms with Crippen molar-refractivity contribution in [1.29, 1.82) is 0 Å². The summed E-state index contributed by atoms with van der Waals surface area (Å²) in [4.78, 5) is 4.26. The Morgan fingerprint density at radius 1 is 0.944 bits per heavy atom. The van der Waals surface area contributed by atoms with Crippen LogP contribution < -0.4 is 11.5 Å². The molecule has 0 bridgehead atoms. The van der Waals surface area contributed by atoms with E-state index in [1.165, 1.54) is 5.56 Å². The molecule has 1 aromatic heterocycles. The smallest absolute Gasteiger partial charge is 0.0961 e. The molecule has 0 saturated heterocycles. The number of hydrogen-bond donors (Lipinski definition) is 2. The number of hydrogen-bond acceptors (Lipinski definition) is 4. The van der Waals surface area contributed by atoms with Crippen LogP contribution in [0, 0.1) is 0 Å². The van der Waals surface area contributed by atoms with Crippen molar-refractivity contribution < 1.29 is 0 Å². The van der Waals surface area contributed by atoms with Crippen molar-refractivity contribution in [2.75, 3.05) is 17.2 Å². The number of pyridine rings is 1. The molecule has 0 aliphatic carbocycles. The first kappa shape index (κ1) is 12.8. The summed E-state index contributed by atoms with van der Waals surface area (Å²) in [6.45, 7) is 0. The van der Waals surface area contributed by atoms with Crippen LogP contribution in [0.4, 0.5) is 11.4 Å². The van der Waals surface area contributed by atoms with Crippen LogP contribution in [0.3, 0.4) is 0 Å². The lowest BCUT2D eigenvalue weighted by atomic mass is 10.1. The van der Waals surface area contributed by atoms with Gasteiger partial charge in [0.05, 0.1) is 16.9 Å². The highest BCUT2D eigenvalue weighted by Gasteiger charge is 1.97. The number of aromatic nitrogens is 1. The van der Waals surface area contributed by atoms with Gasteiger partial charge in [-0.05, 0) is 48.4 Å². The van der Waals surface area contributed by atoms with Gasteiger partial charge in [-0.25, -0.2) is 4.98 Å². The Bertz CT molecular complexity index is 432. The molecule has 0 aliphatic heterocycles. The van der Waals surface area contributed by atoms with E-state index < -0.39 is 0 Å². The highest BCUT2D eigenvalue weighted by Crippen LogP contribution is 2.18. The maximum absolute atomic E-state index is 5.65. The first-order valence-corrected chi connectivity index (χ1v) is 6.91. The summed E-state index contributed by atoms with van der Waals surface area (Å²) in [5, 5.41) is 1.03. The molecule has 0 spiro atoms. The number of thioether (sulfide) groups is 1. The van der Waals surface area contributed by atoms with E-state index in [0.717, 1.165) is 29.3 Å². The Balaban J connectivity index is 1.73. The second-order valence-corrected chi connectivity index (χ2v) is 5.24. The van der Waals surface area contributed by atoms with Gasteiger partial charge in [0.25, 0.3) is 0 Å². The summed E-state index contributed by atoms with van der Waals surface area (Å²) in [6, 6.07) is 11.9. The van der Waals surface area contributed by atoms with Crippen molar-refractivity contribution in [2.24, 2.45) is 0 Å². The monoisotopic (exact) mass is 259 g/mol. The molecule has 0 aliphatic rings. The molecular formula is C14H17N3S. The average molecular weight is 259 g/mol. The van der Waals surface area contributed by atoms with Gasteiger partial charge in [0.15, 0.2) is 0 Å². The van der Waals surface area contributed by atoms with Crippen LogP contribution in [0.25, 0.3) is 0 Å². The zero-order chi connectivity index (χ0) is 12.8. The Morgan fingerprint density at radius 2 is 1.67 bits per heavy atom. The molecule has 94 valence electrons. The van der Waals surface area contributed by atoms with Crippen LogP contribution in [-0.4, -0.2) is 10.7 Å². The van der Waals surface area contributed by atoms with Gasteiger partial charge in [-0.2, -0.15) is 0 Å². The fraction of sp³-hybridized carbons (Fsp3) is 0.214. The molecule has 2 aromatic rings. The summed E-state index contributed by atoms with van der Waals surface area (Å²) in [5.41, 5.74) is 14.1. The molecule has 0 fully saturated rings. The van der Waals surface area contributed by atoms with E-state index in [0.29, 0.717) is 5.69 Å². The van der Waals surface area contributed by atoms with E-state index in [1.54, 1.807) is 18.0 Å². The standard InChI is InChI=1S/C14H17N3S/c15-12-5-3-11(4-6-12)2-1-9-18-14-8-7-13(16)10-17-14/h3-8,10H,1-2,9,15-16H2. The lowest BCUT2D eigenvalue weighted by Crippen LogP contribution is -1.91. The van der Waals surface area contributed by atoms with E-state index in [4.69, 9.17) is 11.5 Å². The van der Waals surface area contributed by atoms with E-state index in [-0.39, 0.29) is 0 Å². The number of nitrogen functional groups attached to an aromatic ring is 2. The van der Waals surface area contributed by atoms with E-state index >= 15 is 0 Å². The molecule has 4 N–H and O–H groups in total. The highest BCUT2D eigenvalue weighted by molar-refractivity contribution is 7.99. The molecule has 0 unspecified atom stereocenters. The molecule has 4 heteroatoms. The maximum atomic E-state index is 5.65. The quantitative estimate of drug-likeness (QED) is 0.492. The van der Waals surface area contributed by atoms with Crippen molar-refractivity contribution >= 4 is 23.1 Å². The van der Waals surface area contributed by atoms with Crippen LogP contribution in [0.5, 0.6) is 0 Å². The van der Waals surface area contributed by atoms with Gasteiger partial charge in [-0.3, -0.25) is 0 Å². The molecule has 1 heterocycles. The topological polar surface area (TPSA) is 64.9 Å². The van der Waals surface area contributed by atoms with Crippen LogP contribution in [0.15, 0.2) is 47.6 Å². The van der Waals surface area contributed by atoms with Crippen molar-refractivity contribution in [1.82, 2.24) is 4.98 Å². The minimum atomic E-state index is 0.709. The summed E-state index contributed by atoms with van der Waals surface area (Å²) in [6.07, 6.45) is 3.89. The number of rotatable bonds is 5. The summed E-state index contributed by atoms with van der Waals surface area (Å²) < 4.78 is 0. The van der Waals surface area contributed by atoms with Gasteiger partial charge in [-0.15, -0.1) is 11.8 Å². The van der Waals surface area contributed by atoms with Gasteiger partial charge >= 0.3 is 0 Å². The Kier molecular flexibility index (Phi) is 4.47. The van der Waals surface area contributed by atoms with Gasteiger partial charge in [0.2, 0.25) is 0 Å². The number of benzene rings is 1. The first-order chi connectivity index (χ1) is 8.74. The zero-order valence-corrected chi connectivity index (χ0v) is 11.0. The van der Waals surface area contributed by atoms with Gasteiger partial charge < -0.3 is 11.5 Å². The van der Waals surface area contributed by atoms with Crippen molar-refractivity contribution in [2.45, 2.75) is 17.9 Å². The van der Waals surface area contributed by atoms with E-state index in [9.17, 15) is 0 Å². The number of anilines is 2. The molecule has 18 heavy (non-hydrogen) atoms. The molecule has 0 radical (unpaired) electrons. The molecule has 0 atom stereocenters. The summed E-state index contributed by atoms with van der Waals surface area (Å²) in [7, 11) is 0. The maximum Gasteiger partial charge on any atom is 0.0961 e. The fourth-order valence-electron chi connectivity index (χ4n) is 1.61. The van der Waals surface area contributed by atoms with Crippen LogP contribution in [-0.2, 0) is 6.42 Å². The molecule has 0 amide bonds. The van der Waals surface area contributed by atoms with Crippen molar-refractivity contribution in [3.05, 3.63) is 48.2 Å². The molecular weight excluding hydrogens is 242 g/mol. The lowest BCUT2D eigenvalue weighted by molar-refractivity contribution is 0.931. The van der Waals surface area contributed by atoms with Gasteiger partial charge in [0, 0.05) is 5.69 Å². The second kappa shape index (κ2) is 6.31. The van der Waals surface area contributed by atoms with E-state index in [1.807, 2.05) is 24.3 Å². The Morgan fingerprint density at radius 3 is 2.33 bits per heavy atom. The second-order valence-electron chi connectivity index (χ2n) is 4.12. The Hall–Kier alpha value is -1.68. The third-order valence-corrected chi connectivity index (χ3v) is 3.63. The minimum absolute atomic E-state index is 0.709. The summed E-state index contributed by atoms with van der Waals surface area (Å²) >= 11 is 1.76. The third-order valence-electron chi connectivity index (χ3n) is 2.60. The lowest BCUT2D eigenvalue weighted by Gasteiger charge is -2.03. The zero-order valence-electron chi connectivity index (χ0n) is 10.2. The molecule has 1 aromatic carbocycles. The predicted octanol–water partition coefficient (Wildman–Crippen LogP) is 2.97. The van der Waals surface area contributed by atoms with Crippen LogP contribution in [0.2, 0.25) is 0 Å². The van der Waals surface area contributed by atoms with Gasteiger partial charge in [0.1, 0.15) is 0 Å². The normalized spacial score (nSPS) is 10.4. The first-order valence-electron chi connectivity index (χ1n) is 5.93. The van der Waals surface area contributed by atoms with Gasteiger partial charge in [-0.1, -0.05) is 12.1 Å². The predicted molar refractivity (Wildman–Crippen MR) is 78.5 cm³/mol. The number of nitrogens with two attached hydrogens (primary N) is 2. The molecule has 2 rings (SSSR count). The molecule has 3 nitrogen and oxygen atoms in total. The number of nitrogens with zero attached hydrogens (tertiary/aromatic N) is 1. The fourth-order valence-corrected chi connectivity index (χ4v) is 2.40. The highest BCUT2D eigenvalue weighted by atomic mass is 32.2. The third kappa shape index (κ3) is 3.96. The van der Waals surface area contributed by atoms with Crippen LogP contribution in [0.1, 0.15) is 12.0 Å². The average Bonchev–Trinajstić information content (AvgIpc) is 2.39. The largest absolute Gasteiger partial charge is 0.399 e. The SMILES string of the molecule is Nc1ccc(CCCSc2ccc(N)cn2)cc1. The van der Waals surface area contributed by atoms with Crippen molar-refractivity contribution in [3.8, 4) is 0 Å². The van der Waals surface area contributed by atoms with Crippen molar-refractivity contribution in [3.63, 3.8) is 0 Å². The molecule has 0 saturated carbocycles. The van der Waals surface area contributed by atoms with Crippen LogP contribution >= 0.6 is 11.8 Å². The summed E-state index contributed by atoms with van der Waals surface area (Å²) in [5.74, 6) is 1.06. The Labute approximate surface area is 112 Å².